The Morgan fingerprint density at radius 2 is 2.00 bits per heavy atom. The normalized spacial score (nSPS) is 10.7. The molecule has 3 rings (SSSR count). The summed E-state index contributed by atoms with van der Waals surface area (Å²) in [6, 6.07) is 2.04. The zero-order chi connectivity index (χ0) is 18.7. The molecule has 0 aliphatic heterocycles. The third kappa shape index (κ3) is 4.28. The van der Waals surface area contributed by atoms with Crippen LogP contribution in [0.25, 0.3) is 0 Å². The summed E-state index contributed by atoms with van der Waals surface area (Å²) in [5, 5.41) is 5.44. The molecule has 0 aliphatic rings. The first-order chi connectivity index (χ1) is 12.4. The highest BCUT2D eigenvalue weighted by Gasteiger charge is 2.11. The number of nitrogens with zero attached hydrogens (tertiary/aromatic N) is 5. The molecule has 6 nitrogen and oxygen atoms in total. The molecule has 0 spiro atoms. The number of rotatable bonds is 3. The molecule has 26 heavy (non-hydrogen) atoms. The SMILES string of the molecule is CC(C)n1cc(C#Cc2nccc(Sc3ncc(Cl)nc3N)c2Cl)cn1. The second-order valence-electron chi connectivity index (χ2n) is 5.51. The average molecular weight is 405 g/mol. The van der Waals surface area contributed by atoms with Gasteiger partial charge in [-0.3, -0.25) is 4.68 Å². The van der Waals surface area contributed by atoms with Crippen molar-refractivity contribution >= 4 is 40.8 Å². The Kier molecular flexibility index (Phi) is 5.67. The van der Waals surface area contributed by atoms with Crippen LogP contribution in [0.2, 0.25) is 10.2 Å². The predicted molar refractivity (Wildman–Crippen MR) is 103 cm³/mol. The molecule has 3 aromatic rings. The first-order valence-electron chi connectivity index (χ1n) is 7.60. The van der Waals surface area contributed by atoms with E-state index in [-0.39, 0.29) is 17.0 Å². The van der Waals surface area contributed by atoms with E-state index in [1.807, 2.05) is 10.9 Å². The second kappa shape index (κ2) is 7.96. The van der Waals surface area contributed by atoms with E-state index in [9.17, 15) is 0 Å². The number of hydrogen-bond donors (Lipinski definition) is 1. The largest absolute Gasteiger partial charge is 0.381 e. The fourth-order valence-electron chi connectivity index (χ4n) is 1.96. The molecule has 0 unspecified atom stereocenters. The van der Waals surface area contributed by atoms with Crippen molar-refractivity contribution in [2.24, 2.45) is 0 Å². The van der Waals surface area contributed by atoms with Gasteiger partial charge in [0.25, 0.3) is 0 Å². The van der Waals surface area contributed by atoms with Crippen molar-refractivity contribution in [2.75, 3.05) is 5.73 Å². The molecule has 3 heterocycles. The van der Waals surface area contributed by atoms with E-state index in [4.69, 9.17) is 28.9 Å². The van der Waals surface area contributed by atoms with Gasteiger partial charge >= 0.3 is 0 Å². The van der Waals surface area contributed by atoms with Crippen molar-refractivity contribution < 1.29 is 0 Å². The molecule has 0 atom stereocenters. The molecule has 0 aliphatic carbocycles. The Balaban J connectivity index is 1.86. The minimum atomic E-state index is 0.237. The third-order valence-electron chi connectivity index (χ3n) is 3.25. The maximum atomic E-state index is 6.44. The first kappa shape index (κ1) is 18.5. The number of nitrogens with two attached hydrogens (primary N) is 1. The Labute approximate surface area is 165 Å². The van der Waals surface area contributed by atoms with E-state index in [1.165, 1.54) is 18.0 Å². The van der Waals surface area contributed by atoms with Crippen molar-refractivity contribution in [3.63, 3.8) is 0 Å². The predicted octanol–water partition coefficient (Wildman–Crippen LogP) is 4.09. The van der Waals surface area contributed by atoms with Gasteiger partial charge in [-0.25, -0.2) is 15.0 Å². The minimum Gasteiger partial charge on any atom is -0.381 e. The molecule has 132 valence electrons. The summed E-state index contributed by atoms with van der Waals surface area (Å²) in [7, 11) is 0. The molecule has 0 bridgehead atoms. The molecule has 0 fully saturated rings. The van der Waals surface area contributed by atoms with Crippen LogP contribution in [-0.4, -0.2) is 24.7 Å². The maximum absolute atomic E-state index is 6.44. The van der Waals surface area contributed by atoms with Crippen LogP contribution in [0.4, 0.5) is 5.82 Å². The second-order valence-corrected chi connectivity index (χ2v) is 7.31. The van der Waals surface area contributed by atoms with Crippen LogP contribution in [-0.2, 0) is 0 Å². The maximum Gasteiger partial charge on any atom is 0.158 e. The van der Waals surface area contributed by atoms with Gasteiger partial charge in [0.05, 0.1) is 23.0 Å². The molecule has 0 saturated carbocycles. The number of pyridine rings is 1. The van der Waals surface area contributed by atoms with Crippen LogP contribution in [0, 0.1) is 11.8 Å². The number of anilines is 1. The van der Waals surface area contributed by atoms with Crippen molar-refractivity contribution in [1.82, 2.24) is 24.7 Å². The van der Waals surface area contributed by atoms with Crippen molar-refractivity contribution in [3.05, 3.63) is 52.3 Å². The summed E-state index contributed by atoms with van der Waals surface area (Å²) in [6.07, 6.45) is 6.66. The Morgan fingerprint density at radius 1 is 1.19 bits per heavy atom. The van der Waals surface area contributed by atoms with E-state index in [0.29, 0.717) is 15.7 Å². The van der Waals surface area contributed by atoms with Gasteiger partial charge in [-0.15, -0.1) is 0 Å². The van der Waals surface area contributed by atoms with Crippen LogP contribution in [0.15, 0.2) is 40.8 Å². The van der Waals surface area contributed by atoms with Gasteiger partial charge in [-0.05, 0) is 25.8 Å². The molecule has 0 saturated heterocycles. The highest BCUT2D eigenvalue weighted by Crippen LogP contribution is 2.35. The van der Waals surface area contributed by atoms with Crippen molar-refractivity contribution in [2.45, 2.75) is 29.8 Å². The Bertz CT molecular complexity index is 1010. The first-order valence-corrected chi connectivity index (χ1v) is 9.18. The fourth-order valence-corrected chi connectivity index (χ4v) is 3.15. The summed E-state index contributed by atoms with van der Waals surface area (Å²) >= 11 is 13.5. The molecule has 0 aromatic carbocycles. The lowest BCUT2D eigenvalue weighted by molar-refractivity contribution is 0.532. The van der Waals surface area contributed by atoms with Crippen LogP contribution < -0.4 is 5.73 Å². The average Bonchev–Trinajstić information content (AvgIpc) is 3.07. The van der Waals surface area contributed by atoms with E-state index in [0.717, 1.165) is 10.5 Å². The topological polar surface area (TPSA) is 82.5 Å². The smallest absolute Gasteiger partial charge is 0.158 e. The summed E-state index contributed by atoms with van der Waals surface area (Å²) in [5.74, 6) is 6.25. The molecule has 2 N–H and O–H groups in total. The number of hydrogen-bond acceptors (Lipinski definition) is 6. The van der Waals surface area contributed by atoms with Crippen LogP contribution >= 0.6 is 35.0 Å². The zero-order valence-corrected chi connectivity index (χ0v) is 16.3. The monoisotopic (exact) mass is 404 g/mol. The van der Waals surface area contributed by atoms with Gasteiger partial charge in [-0.2, -0.15) is 5.10 Å². The Morgan fingerprint density at radius 3 is 2.69 bits per heavy atom. The fraction of sp³-hybridized carbons (Fsp3) is 0.176. The number of nitrogen functional groups attached to an aromatic ring is 1. The minimum absolute atomic E-state index is 0.237. The van der Waals surface area contributed by atoms with Gasteiger partial charge in [0, 0.05) is 23.3 Å². The third-order valence-corrected chi connectivity index (χ3v) is 5.00. The molecule has 9 heteroatoms. The summed E-state index contributed by atoms with van der Waals surface area (Å²) in [6.45, 7) is 4.10. The van der Waals surface area contributed by atoms with Gasteiger partial charge in [-0.1, -0.05) is 40.9 Å². The highest BCUT2D eigenvalue weighted by atomic mass is 35.5. The highest BCUT2D eigenvalue weighted by molar-refractivity contribution is 7.99. The van der Waals surface area contributed by atoms with Gasteiger partial charge in [0.2, 0.25) is 0 Å². The summed E-state index contributed by atoms with van der Waals surface area (Å²) < 4.78 is 1.84. The zero-order valence-electron chi connectivity index (χ0n) is 13.9. The van der Waals surface area contributed by atoms with E-state index >= 15 is 0 Å². The standard InChI is InChI=1S/C17H14Cl2N6S/c1-10(2)25-9-11(7-23-25)3-4-12-15(19)13(5-6-21-12)26-17-16(20)24-14(18)8-22-17/h5-10H,1-2H3,(H2,20,24). The molecular formula is C17H14Cl2N6S. The van der Waals surface area contributed by atoms with E-state index < -0.39 is 0 Å². The molecule has 0 amide bonds. The molecule has 0 radical (unpaired) electrons. The van der Waals surface area contributed by atoms with Gasteiger partial charge in [0.15, 0.2) is 5.82 Å². The van der Waals surface area contributed by atoms with Crippen LogP contribution in [0.3, 0.4) is 0 Å². The van der Waals surface area contributed by atoms with Gasteiger partial charge < -0.3 is 5.73 Å². The quantitative estimate of drug-likeness (QED) is 0.661. The molecular weight excluding hydrogens is 391 g/mol. The van der Waals surface area contributed by atoms with E-state index in [2.05, 4.69) is 45.7 Å². The lowest BCUT2D eigenvalue weighted by atomic mass is 10.3. The summed E-state index contributed by atoms with van der Waals surface area (Å²) in [5.41, 5.74) is 7.10. The Hall–Kier alpha value is -2.27. The van der Waals surface area contributed by atoms with Crippen molar-refractivity contribution in [3.8, 4) is 11.8 Å². The molecule has 3 aromatic heterocycles. The number of aromatic nitrogens is 5. The van der Waals surface area contributed by atoms with Gasteiger partial charge in [0.1, 0.15) is 15.9 Å². The van der Waals surface area contributed by atoms with E-state index in [1.54, 1.807) is 18.5 Å². The van der Waals surface area contributed by atoms with Crippen LogP contribution in [0.5, 0.6) is 0 Å². The van der Waals surface area contributed by atoms with Crippen molar-refractivity contribution in [1.29, 1.82) is 0 Å². The lowest BCUT2D eigenvalue weighted by Crippen LogP contribution is -1.99. The lowest BCUT2D eigenvalue weighted by Gasteiger charge is -2.06. The summed E-state index contributed by atoms with van der Waals surface area (Å²) in [4.78, 5) is 13.1. The van der Waals surface area contributed by atoms with Crippen LogP contribution in [0.1, 0.15) is 31.1 Å². The number of halogens is 2.